The van der Waals surface area contributed by atoms with E-state index in [0.29, 0.717) is 5.65 Å². The molecule has 0 atom stereocenters. The summed E-state index contributed by atoms with van der Waals surface area (Å²) in [5.74, 6) is 0.754. The van der Waals surface area contributed by atoms with Gasteiger partial charge in [-0.1, -0.05) is 12.1 Å². The number of hydrogen-bond donors (Lipinski definition) is 1. The second-order valence-corrected chi connectivity index (χ2v) is 4.53. The lowest BCUT2D eigenvalue weighted by Gasteiger charge is -2.00. The number of aromatic nitrogens is 2. The molecule has 0 spiro atoms. The van der Waals surface area contributed by atoms with Gasteiger partial charge in [0, 0.05) is 18.3 Å². The van der Waals surface area contributed by atoms with Gasteiger partial charge in [-0.3, -0.25) is 0 Å². The summed E-state index contributed by atoms with van der Waals surface area (Å²) < 4.78 is 5.63. The van der Waals surface area contributed by atoms with Crippen molar-refractivity contribution in [1.82, 2.24) is 9.97 Å². The molecule has 3 aromatic rings. The van der Waals surface area contributed by atoms with Crippen molar-refractivity contribution in [1.29, 1.82) is 0 Å². The van der Waals surface area contributed by atoms with Crippen LogP contribution in [0.25, 0.3) is 11.2 Å². The smallest absolute Gasteiger partial charge is 0.198 e. The fourth-order valence-corrected chi connectivity index (χ4v) is 2.05. The van der Waals surface area contributed by atoms with E-state index in [9.17, 15) is 0 Å². The molecular weight excluding hydrogens is 238 g/mol. The molecule has 2 heterocycles. The van der Waals surface area contributed by atoms with Crippen molar-refractivity contribution in [3.8, 4) is 0 Å². The van der Waals surface area contributed by atoms with Gasteiger partial charge in [0.25, 0.3) is 0 Å². The minimum atomic E-state index is 0.685. The van der Waals surface area contributed by atoms with Crippen LogP contribution in [0.5, 0.6) is 0 Å². The summed E-state index contributed by atoms with van der Waals surface area (Å²) in [5.41, 5.74) is 9.18. The third kappa shape index (κ3) is 2.73. The van der Waals surface area contributed by atoms with E-state index in [-0.39, 0.29) is 0 Å². The summed E-state index contributed by atoms with van der Waals surface area (Å²) >= 11 is 0. The van der Waals surface area contributed by atoms with Gasteiger partial charge in [0.05, 0.1) is 0 Å². The van der Waals surface area contributed by atoms with Crippen LogP contribution < -0.4 is 5.73 Å². The highest BCUT2D eigenvalue weighted by molar-refractivity contribution is 5.66. The summed E-state index contributed by atoms with van der Waals surface area (Å²) in [5, 5.41) is 0. The first-order valence-electron chi connectivity index (χ1n) is 6.36. The average molecular weight is 253 g/mol. The largest absolute Gasteiger partial charge is 0.439 e. The zero-order valence-electron chi connectivity index (χ0n) is 10.5. The Balaban J connectivity index is 1.61. The van der Waals surface area contributed by atoms with Gasteiger partial charge in [-0.2, -0.15) is 4.98 Å². The first-order valence-corrected chi connectivity index (χ1v) is 6.36. The molecule has 2 N–H and O–H groups in total. The molecule has 0 bridgehead atoms. The SMILES string of the molecule is Nc1ccc(CCCc2nc3ncccc3o2)cc1. The topological polar surface area (TPSA) is 64.9 Å². The highest BCUT2D eigenvalue weighted by Crippen LogP contribution is 2.15. The van der Waals surface area contributed by atoms with Crippen molar-refractivity contribution in [2.75, 3.05) is 5.73 Å². The second kappa shape index (κ2) is 5.10. The van der Waals surface area contributed by atoms with Gasteiger partial charge in [-0.25, -0.2) is 4.98 Å². The van der Waals surface area contributed by atoms with Crippen molar-refractivity contribution in [2.24, 2.45) is 0 Å². The standard InChI is InChI=1S/C15H15N3O/c16-12-8-6-11(7-9-12)3-1-5-14-18-15-13(19-14)4-2-10-17-15/h2,4,6-10H,1,3,5,16H2. The molecule has 4 heteroatoms. The van der Waals surface area contributed by atoms with Crippen LogP contribution in [0.15, 0.2) is 47.0 Å². The lowest BCUT2D eigenvalue weighted by Crippen LogP contribution is -1.91. The Morgan fingerprint density at radius 3 is 2.68 bits per heavy atom. The van der Waals surface area contributed by atoms with E-state index >= 15 is 0 Å². The van der Waals surface area contributed by atoms with E-state index < -0.39 is 0 Å². The molecule has 1 aromatic carbocycles. The number of nitrogens with two attached hydrogens (primary N) is 1. The maximum Gasteiger partial charge on any atom is 0.198 e. The summed E-state index contributed by atoms with van der Waals surface area (Å²) in [4.78, 5) is 8.52. The van der Waals surface area contributed by atoms with Gasteiger partial charge >= 0.3 is 0 Å². The molecule has 0 aliphatic heterocycles. The summed E-state index contributed by atoms with van der Waals surface area (Å²) in [6.45, 7) is 0. The van der Waals surface area contributed by atoms with E-state index in [1.807, 2.05) is 24.3 Å². The molecule has 0 aliphatic carbocycles. The Morgan fingerprint density at radius 2 is 1.89 bits per heavy atom. The molecule has 3 rings (SSSR count). The Labute approximate surface area is 111 Å². The quantitative estimate of drug-likeness (QED) is 0.726. The van der Waals surface area contributed by atoms with Crippen molar-refractivity contribution < 1.29 is 4.42 Å². The normalized spacial score (nSPS) is 10.9. The fraction of sp³-hybridized carbons (Fsp3) is 0.200. The first-order chi connectivity index (χ1) is 9.31. The van der Waals surface area contributed by atoms with Gasteiger partial charge in [0.2, 0.25) is 0 Å². The number of aryl methyl sites for hydroxylation is 2. The first kappa shape index (κ1) is 11.7. The molecule has 0 saturated carbocycles. The molecule has 0 amide bonds. The molecular formula is C15H15N3O. The van der Waals surface area contributed by atoms with Crippen molar-refractivity contribution in [3.05, 3.63) is 54.0 Å². The highest BCUT2D eigenvalue weighted by atomic mass is 16.3. The lowest BCUT2D eigenvalue weighted by atomic mass is 10.1. The molecule has 0 saturated heterocycles. The van der Waals surface area contributed by atoms with Crippen LogP contribution >= 0.6 is 0 Å². The van der Waals surface area contributed by atoms with Crippen LogP contribution in [0.1, 0.15) is 17.9 Å². The van der Waals surface area contributed by atoms with E-state index in [0.717, 1.165) is 36.4 Å². The Morgan fingerprint density at radius 1 is 1.05 bits per heavy atom. The zero-order valence-corrected chi connectivity index (χ0v) is 10.5. The molecule has 4 nitrogen and oxygen atoms in total. The number of nitrogen functional groups attached to an aromatic ring is 1. The van der Waals surface area contributed by atoms with Crippen LogP contribution in [0, 0.1) is 0 Å². The number of hydrogen-bond acceptors (Lipinski definition) is 4. The second-order valence-electron chi connectivity index (χ2n) is 4.53. The Bertz CT molecular complexity index is 640. The number of pyridine rings is 1. The Kier molecular flexibility index (Phi) is 3.14. The van der Waals surface area contributed by atoms with Crippen molar-refractivity contribution in [2.45, 2.75) is 19.3 Å². The molecule has 19 heavy (non-hydrogen) atoms. The number of benzene rings is 1. The van der Waals surface area contributed by atoms with Gasteiger partial charge in [-0.15, -0.1) is 0 Å². The maximum atomic E-state index is 5.66. The van der Waals surface area contributed by atoms with E-state index in [1.54, 1.807) is 6.20 Å². The molecule has 0 fully saturated rings. The zero-order chi connectivity index (χ0) is 13.1. The maximum absolute atomic E-state index is 5.66. The summed E-state index contributed by atoms with van der Waals surface area (Å²) in [6.07, 6.45) is 4.53. The van der Waals surface area contributed by atoms with E-state index in [1.165, 1.54) is 5.56 Å². The predicted molar refractivity (Wildman–Crippen MR) is 74.7 cm³/mol. The number of oxazole rings is 1. The van der Waals surface area contributed by atoms with Crippen molar-refractivity contribution in [3.63, 3.8) is 0 Å². The number of nitrogens with zero attached hydrogens (tertiary/aromatic N) is 2. The molecule has 96 valence electrons. The Hall–Kier alpha value is -2.36. The monoisotopic (exact) mass is 253 g/mol. The third-order valence-corrected chi connectivity index (χ3v) is 3.05. The molecule has 0 radical (unpaired) electrons. The average Bonchev–Trinajstić information content (AvgIpc) is 2.83. The minimum Gasteiger partial charge on any atom is -0.439 e. The summed E-state index contributed by atoms with van der Waals surface area (Å²) in [6, 6.07) is 11.7. The number of fused-ring (bicyclic) bond motifs is 1. The van der Waals surface area contributed by atoms with Crippen LogP contribution in [0.4, 0.5) is 5.69 Å². The number of rotatable bonds is 4. The van der Waals surface area contributed by atoms with Crippen LogP contribution in [0.3, 0.4) is 0 Å². The number of anilines is 1. The van der Waals surface area contributed by atoms with Crippen molar-refractivity contribution >= 4 is 16.9 Å². The van der Waals surface area contributed by atoms with Gasteiger partial charge in [0.15, 0.2) is 17.1 Å². The van der Waals surface area contributed by atoms with Crippen LogP contribution in [0.2, 0.25) is 0 Å². The van der Waals surface area contributed by atoms with Crippen LogP contribution in [-0.2, 0) is 12.8 Å². The van der Waals surface area contributed by atoms with Gasteiger partial charge < -0.3 is 10.2 Å². The lowest BCUT2D eigenvalue weighted by molar-refractivity contribution is 0.519. The van der Waals surface area contributed by atoms with Crippen LogP contribution in [-0.4, -0.2) is 9.97 Å². The third-order valence-electron chi connectivity index (χ3n) is 3.05. The highest BCUT2D eigenvalue weighted by Gasteiger charge is 2.05. The van der Waals surface area contributed by atoms with Gasteiger partial charge in [0.1, 0.15) is 0 Å². The fourth-order valence-electron chi connectivity index (χ4n) is 2.05. The van der Waals surface area contributed by atoms with E-state index in [4.69, 9.17) is 10.2 Å². The van der Waals surface area contributed by atoms with E-state index in [2.05, 4.69) is 22.1 Å². The van der Waals surface area contributed by atoms with Gasteiger partial charge in [-0.05, 0) is 42.7 Å². The molecule has 2 aromatic heterocycles. The molecule has 0 aliphatic rings. The minimum absolute atomic E-state index is 0.685. The molecule has 0 unspecified atom stereocenters. The predicted octanol–water partition coefficient (Wildman–Crippen LogP) is 2.98. The summed E-state index contributed by atoms with van der Waals surface area (Å²) in [7, 11) is 0.